The van der Waals surface area contributed by atoms with Crippen LogP contribution in [0.15, 0.2) is 17.8 Å². The van der Waals surface area contributed by atoms with E-state index in [0.717, 1.165) is 31.3 Å². The van der Waals surface area contributed by atoms with Gasteiger partial charge in [-0.05, 0) is 25.0 Å². The Morgan fingerprint density at radius 2 is 2.07 bits per heavy atom. The summed E-state index contributed by atoms with van der Waals surface area (Å²) in [6.45, 7) is 4.51. The average molecular weight is 404 g/mol. The summed E-state index contributed by atoms with van der Waals surface area (Å²) in [5, 5.41) is -0.240. The van der Waals surface area contributed by atoms with Crippen LogP contribution < -0.4 is 5.73 Å². The molecule has 9 heteroatoms. The predicted octanol–water partition coefficient (Wildman–Crippen LogP) is 3.52. The zero-order valence-electron chi connectivity index (χ0n) is 14.9. The molecule has 1 saturated heterocycles. The summed E-state index contributed by atoms with van der Waals surface area (Å²) in [4.78, 5) is 16.1. The van der Waals surface area contributed by atoms with Crippen molar-refractivity contribution in [2.24, 2.45) is 0 Å². The number of esters is 1. The second-order valence-corrected chi connectivity index (χ2v) is 6.96. The number of anilines is 1. The molecule has 27 heavy (non-hydrogen) atoms. The Hall–Kier alpha value is -1.93. The molecule has 148 valence electrons. The van der Waals surface area contributed by atoms with Crippen LogP contribution in [0.4, 0.5) is 18.9 Å². The maximum Gasteiger partial charge on any atom is 0.416 e. The van der Waals surface area contributed by atoms with Gasteiger partial charge in [-0.3, -0.25) is 4.90 Å². The average Bonchev–Trinajstić information content (AvgIpc) is 3.06. The van der Waals surface area contributed by atoms with Crippen molar-refractivity contribution >= 4 is 23.3 Å². The third kappa shape index (κ3) is 4.01. The number of piperazine rings is 1. The molecule has 2 N–H and O–H groups in total. The Balaban J connectivity index is 1.96. The number of benzene rings is 1. The van der Waals surface area contributed by atoms with Crippen molar-refractivity contribution < 1.29 is 22.7 Å². The van der Waals surface area contributed by atoms with Gasteiger partial charge >= 0.3 is 12.1 Å². The number of alkyl halides is 3. The van der Waals surface area contributed by atoms with E-state index in [1.54, 1.807) is 6.92 Å². The minimum Gasteiger partial charge on any atom is -0.462 e. The molecule has 1 aromatic carbocycles. The summed E-state index contributed by atoms with van der Waals surface area (Å²) in [6, 6.07) is 0.750. The van der Waals surface area contributed by atoms with Crippen molar-refractivity contribution in [3.05, 3.63) is 39.6 Å². The van der Waals surface area contributed by atoms with Crippen LogP contribution in [0.2, 0.25) is 5.02 Å². The lowest BCUT2D eigenvalue weighted by Gasteiger charge is -2.36. The van der Waals surface area contributed by atoms with Crippen LogP contribution in [0.25, 0.3) is 0 Å². The van der Waals surface area contributed by atoms with Gasteiger partial charge in [0.1, 0.15) is 0 Å². The topological polar surface area (TPSA) is 58.8 Å². The summed E-state index contributed by atoms with van der Waals surface area (Å²) in [7, 11) is 0. The van der Waals surface area contributed by atoms with Crippen molar-refractivity contribution in [3.8, 4) is 0 Å². The molecule has 0 saturated carbocycles. The van der Waals surface area contributed by atoms with Crippen molar-refractivity contribution in [2.45, 2.75) is 26.1 Å². The van der Waals surface area contributed by atoms with Crippen molar-refractivity contribution in [1.29, 1.82) is 0 Å². The molecule has 5 nitrogen and oxygen atoms in total. The number of rotatable bonds is 4. The molecule has 2 aliphatic heterocycles. The SMILES string of the molecule is CCOC(=O)c1cc(C(F)(F)F)c(CN2CCN3CCC=C3C2)c(Cl)c1N. The molecule has 0 aliphatic carbocycles. The van der Waals surface area contributed by atoms with E-state index in [-0.39, 0.29) is 35.0 Å². The van der Waals surface area contributed by atoms with Crippen LogP contribution >= 0.6 is 11.6 Å². The van der Waals surface area contributed by atoms with Gasteiger partial charge in [0, 0.05) is 38.4 Å². The highest BCUT2D eigenvalue weighted by Crippen LogP contribution is 2.40. The largest absolute Gasteiger partial charge is 0.462 e. The van der Waals surface area contributed by atoms with E-state index in [2.05, 4.69) is 11.0 Å². The summed E-state index contributed by atoms with van der Waals surface area (Å²) >= 11 is 6.20. The molecular formula is C18H21ClF3N3O2. The van der Waals surface area contributed by atoms with Crippen LogP contribution in [-0.4, -0.2) is 48.6 Å². The number of carbonyl (C=O) groups excluding carboxylic acids is 1. The maximum atomic E-state index is 13.7. The van der Waals surface area contributed by atoms with E-state index >= 15 is 0 Å². The van der Waals surface area contributed by atoms with E-state index in [0.29, 0.717) is 13.1 Å². The number of ether oxygens (including phenoxy) is 1. The van der Waals surface area contributed by atoms with Gasteiger partial charge in [-0.25, -0.2) is 4.79 Å². The molecule has 0 unspecified atom stereocenters. The van der Waals surface area contributed by atoms with Gasteiger partial charge in [0.05, 0.1) is 28.4 Å². The Morgan fingerprint density at radius 1 is 1.33 bits per heavy atom. The zero-order chi connectivity index (χ0) is 19.8. The first-order chi connectivity index (χ1) is 12.7. The fourth-order valence-electron chi connectivity index (χ4n) is 3.50. The normalized spacial score (nSPS) is 17.7. The second-order valence-electron chi connectivity index (χ2n) is 6.58. The molecule has 0 radical (unpaired) electrons. The molecule has 0 spiro atoms. The van der Waals surface area contributed by atoms with Crippen LogP contribution in [0.1, 0.15) is 34.8 Å². The van der Waals surface area contributed by atoms with Crippen molar-refractivity contribution in [2.75, 3.05) is 38.5 Å². The number of carbonyl (C=O) groups is 1. The third-order valence-electron chi connectivity index (χ3n) is 4.84. The summed E-state index contributed by atoms with van der Waals surface area (Å²) in [6.07, 6.45) is -1.60. The lowest BCUT2D eigenvalue weighted by molar-refractivity contribution is -0.138. The van der Waals surface area contributed by atoms with Gasteiger partial charge in [0.15, 0.2) is 0 Å². The molecule has 2 heterocycles. The standard InChI is InChI=1S/C18H21ClF3N3O2/c1-2-27-17(26)12-8-14(18(20,21)22)13(15(19)16(12)23)10-24-6-7-25-5-3-4-11(25)9-24/h4,8H,2-3,5-7,9-10,23H2,1H3. The zero-order valence-corrected chi connectivity index (χ0v) is 15.7. The number of fused-ring (bicyclic) bond motifs is 1. The quantitative estimate of drug-likeness (QED) is 0.615. The van der Waals surface area contributed by atoms with Crippen LogP contribution in [0.3, 0.4) is 0 Å². The fraction of sp³-hybridized carbons (Fsp3) is 0.500. The second kappa shape index (κ2) is 7.59. The molecule has 1 fully saturated rings. The number of halogens is 4. The van der Waals surface area contributed by atoms with E-state index in [4.69, 9.17) is 22.1 Å². The van der Waals surface area contributed by atoms with Gasteiger partial charge in [-0.2, -0.15) is 13.2 Å². The molecule has 0 atom stereocenters. The molecule has 0 aromatic heterocycles. The summed E-state index contributed by atoms with van der Waals surface area (Å²) in [5.41, 5.74) is 5.40. The summed E-state index contributed by atoms with van der Waals surface area (Å²) < 4.78 is 45.8. The minimum atomic E-state index is -4.66. The van der Waals surface area contributed by atoms with Crippen molar-refractivity contribution in [1.82, 2.24) is 9.80 Å². The predicted molar refractivity (Wildman–Crippen MR) is 96.4 cm³/mol. The third-order valence-corrected chi connectivity index (χ3v) is 5.28. The number of nitrogen functional groups attached to an aromatic ring is 1. The van der Waals surface area contributed by atoms with E-state index in [1.165, 1.54) is 0 Å². The van der Waals surface area contributed by atoms with E-state index in [1.807, 2.05) is 4.90 Å². The van der Waals surface area contributed by atoms with Crippen LogP contribution in [0, 0.1) is 0 Å². The fourth-order valence-corrected chi connectivity index (χ4v) is 3.77. The Kier molecular flexibility index (Phi) is 5.58. The maximum absolute atomic E-state index is 13.7. The van der Waals surface area contributed by atoms with Gasteiger partial charge in [-0.1, -0.05) is 17.7 Å². The molecule has 0 amide bonds. The monoisotopic (exact) mass is 403 g/mol. The van der Waals surface area contributed by atoms with Crippen LogP contribution in [-0.2, 0) is 17.5 Å². The van der Waals surface area contributed by atoms with Gasteiger partial charge in [-0.15, -0.1) is 0 Å². The van der Waals surface area contributed by atoms with Gasteiger partial charge < -0.3 is 15.4 Å². The number of nitrogens with two attached hydrogens (primary N) is 1. The first-order valence-corrected chi connectivity index (χ1v) is 9.11. The Labute approximate surface area is 160 Å². The lowest BCUT2D eigenvalue weighted by Crippen LogP contribution is -2.43. The first-order valence-electron chi connectivity index (χ1n) is 8.73. The molecule has 1 aromatic rings. The molecule has 2 aliphatic rings. The van der Waals surface area contributed by atoms with E-state index in [9.17, 15) is 18.0 Å². The molecule has 0 bridgehead atoms. The van der Waals surface area contributed by atoms with Gasteiger partial charge in [0.2, 0.25) is 0 Å². The minimum absolute atomic E-state index is 0.00611. The highest BCUT2D eigenvalue weighted by atomic mass is 35.5. The Bertz CT molecular complexity index is 780. The highest BCUT2D eigenvalue weighted by molar-refractivity contribution is 6.34. The molecule has 3 rings (SSSR count). The highest BCUT2D eigenvalue weighted by Gasteiger charge is 2.37. The Morgan fingerprint density at radius 3 is 2.74 bits per heavy atom. The van der Waals surface area contributed by atoms with Gasteiger partial charge in [0.25, 0.3) is 0 Å². The first kappa shape index (κ1) is 19.8. The number of hydrogen-bond donors (Lipinski definition) is 1. The smallest absolute Gasteiger partial charge is 0.416 e. The van der Waals surface area contributed by atoms with Crippen molar-refractivity contribution in [3.63, 3.8) is 0 Å². The van der Waals surface area contributed by atoms with Crippen LogP contribution in [0.5, 0.6) is 0 Å². The summed E-state index contributed by atoms with van der Waals surface area (Å²) in [5.74, 6) is -0.918. The van der Waals surface area contributed by atoms with E-state index < -0.39 is 17.7 Å². The molecular weight excluding hydrogens is 383 g/mol. The lowest BCUT2D eigenvalue weighted by atomic mass is 10.00. The number of hydrogen-bond acceptors (Lipinski definition) is 5. The number of nitrogens with zero attached hydrogens (tertiary/aromatic N) is 2.